The summed E-state index contributed by atoms with van der Waals surface area (Å²) in [6.07, 6.45) is 72.1. The summed E-state index contributed by atoms with van der Waals surface area (Å²) < 4.78 is 16.9. The van der Waals surface area contributed by atoms with Crippen molar-refractivity contribution in [1.82, 2.24) is 0 Å². The van der Waals surface area contributed by atoms with Gasteiger partial charge in [-0.2, -0.15) is 0 Å². The molecule has 0 N–H and O–H groups in total. The highest BCUT2D eigenvalue weighted by molar-refractivity contribution is 5.71. The van der Waals surface area contributed by atoms with Gasteiger partial charge < -0.3 is 14.2 Å². The number of esters is 3. The Morgan fingerprint density at radius 3 is 0.899 bits per heavy atom. The van der Waals surface area contributed by atoms with Crippen molar-refractivity contribution < 1.29 is 28.6 Å². The van der Waals surface area contributed by atoms with Crippen LogP contribution in [0.15, 0.2) is 60.8 Å². The van der Waals surface area contributed by atoms with Crippen molar-refractivity contribution >= 4 is 17.9 Å². The van der Waals surface area contributed by atoms with Crippen molar-refractivity contribution in [2.45, 2.75) is 309 Å². The summed E-state index contributed by atoms with van der Waals surface area (Å²) in [4.78, 5) is 38.2. The first kappa shape index (κ1) is 66.1. The first-order chi connectivity index (χ1) is 34.0. The average Bonchev–Trinajstić information content (AvgIpc) is 3.35. The molecular formula is C63H112O6. The van der Waals surface area contributed by atoms with E-state index in [1.165, 1.54) is 173 Å². The second-order valence-electron chi connectivity index (χ2n) is 19.9. The minimum atomic E-state index is -0.786. The van der Waals surface area contributed by atoms with Gasteiger partial charge in [0.1, 0.15) is 13.2 Å². The molecule has 69 heavy (non-hydrogen) atoms. The van der Waals surface area contributed by atoms with Crippen molar-refractivity contribution in [3.05, 3.63) is 60.8 Å². The number of carbonyl (C=O) groups excluding carboxylic acids is 3. The van der Waals surface area contributed by atoms with Crippen LogP contribution in [0.3, 0.4) is 0 Å². The maximum atomic E-state index is 12.9. The number of hydrogen-bond donors (Lipinski definition) is 0. The standard InChI is InChI=1S/C63H112O6/c1-4-7-10-13-16-19-22-25-28-31-33-35-38-41-44-47-50-53-56-62(65)68-59-60(58-67-61(64)55-52-49-46-43-40-37-34-30-27-24-21-18-15-12-9-6-3)69-63(66)57-54-51-48-45-42-39-36-32-29-26-23-20-17-14-11-8-5-2/h9,12,18,21,26-27,29-30,33,35,60H,4-8,10-11,13-17,19-20,22-25,28,31-32,34,36-59H2,1-3H3/b12-9-,21-18-,29-26-,30-27-,35-33-. The molecule has 1 unspecified atom stereocenters. The van der Waals surface area contributed by atoms with Crippen LogP contribution in [0, 0.1) is 0 Å². The molecule has 0 aliphatic rings. The van der Waals surface area contributed by atoms with Gasteiger partial charge in [-0.3, -0.25) is 14.4 Å². The van der Waals surface area contributed by atoms with Crippen LogP contribution in [0.2, 0.25) is 0 Å². The average molecular weight is 966 g/mol. The molecular weight excluding hydrogens is 853 g/mol. The third-order valence-electron chi connectivity index (χ3n) is 13.0. The monoisotopic (exact) mass is 965 g/mol. The highest BCUT2D eigenvalue weighted by Gasteiger charge is 2.19. The van der Waals surface area contributed by atoms with E-state index >= 15 is 0 Å². The summed E-state index contributed by atoms with van der Waals surface area (Å²) in [6.45, 7) is 6.54. The van der Waals surface area contributed by atoms with Gasteiger partial charge in [0.25, 0.3) is 0 Å². The molecule has 0 amide bonds. The maximum Gasteiger partial charge on any atom is 0.306 e. The Morgan fingerprint density at radius 1 is 0.304 bits per heavy atom. The topological polar surface area (TPSA) is 78.9 Å². The van der Waals surface area contributed by atoms with Gasteiger partial charge in [0.05, 0.1) is 0 Å². The Labute approximate surface area is 428 Å². The Bertz CT molecular complexity index is 1250. The van der Waals surface area contributed by atoms with Crippen molar-refractivity contribution in [2.75, 3.05) is 13.2 Å². The van der Waals surface area contributed by atoms with Crippen LogP contribution in [-0.4, -0.2) is 37.2 Å². The fourth-order valence-corrected chi connectivity index (χ4v) is 8.51. The lowest BCUT2D eigenvalue weighted by molar-refractivity contribution is -0.167. The predicted molar refractivity (Wildman–Crippen MR) is 298 cm³/mol. The highest BCUT2D eigenvalue weighted by Crippen LogP contribution is 2.15. The zero-order valence-corrected chi connectivity index (χ0v) is 45.8. The van der Waals surface area contributed by atoms with E-state index in [9.17, 15) is 14.4 Å². The second-order valence-corrected chi connectivity index (χ2v) is 19.9. The molecule has 6 heteroatoms. The molecule has 400 valence electrons. The summed E-state index contributed by atoms with van der Waals surface area (Å²) in [5, 5.41) is 0. The van der Waals surface area contributed by atoms with Gasteiger partial charge in [-0.15, -0.1) is 0 Å². The molecule has 0 saturated carbocycles. The Hall–Kier alpha value is -2.89. The van der Waals surface area contributed by atoms with Crippen LogP contribution >= 0.6 is 0 Å². The number of rotatable bonds is 54. The molecule has 1 atom stereocenters. The highest BCUT2D eigenvalue weighted by atomic mass is 16.6. The van der Waals surface area contributed by atoms with Crippen LogP contribution < -0.4 is 0 Å². The first-order valence-electron chi connectivity index (χ1n) is 29.8. The SMILES string of the molecule is CC/C=C\C/C=C\C/C=C\CCCCCCCCC(=O)OCC(COC(=O)CCCCCCC/C=C\CCCCCCCCCCC)OC(=O)CCCCCCCCC/C=C\CCCCCCCC. The first-order valence-corrected chi connectivity index (χ1v) is 29.8. The van der Waals surface area contributed by atoms with Gasteiger partial charge in [0, 0.05) is 19.3 Å². The molecule has 0 aliphatic heterocycles. The minimum Gasteiger partial charge on any atom is -0.462 e. The van der Waals surface area contributed by atoms with Crippen LogP contribution in [0.25, 0.3) is 0 Å². The van der Waals surface area contributed by atoms with Crippen LogP contribution in [0.1, 0.15) is 303 Å². The Morgan fingerprint density at radius 2 is 0.565 bits per heavy atom. The summed E-state index contributed by atoms with van der Waals surface area (Å²) in [5.74, 6) is -0.896. The van der Waals surface area contributed by atoms with Gasteiger partial charge in [-0.25, -0.2) is 0 Å². The van der Waals surface area contributed by atoms with Crippen molar-refractivity contribution in [2.24, 2.45) is 0 Å². The third-order valence-corrected chi connectivity index (χ3v) is 13.0. The fraction of sp³-hybridized carbons (Fsp3) is 0.794. The molecule has 0 aromatic carbocycles. The predicted octanol–water partition coefficient (Wildman–Crippen LogP) is 20.0. The van der Waals surface area contributed by atoms with E-state index in [2.05, 4.69) is 81.5 Å². The van der Waals surface area contributed by atoms with E-state index in [0.29, 0.717) is 19.3 Å². The Kier molecular flexibility index (Phi) is 55.3. The normalized spacial score (nSPS) is 12.4. The van der Waals surface area contributed by atoms with Crippen molar-refractivity contribution in [3.8, 4) is 0 Å². The largest absolute Gasteiger partial charge is 0.462 e. The van der Waals surface area contributed by atoms with Crippen LogP contribution in [0.5, 0.6) is 0 Å². The molecule has 0 rings (SSSR count). The summed E-state index contributed by atoms with van der Waals surface area (Å²) >= 11 is 0. The fourth-order valence-electron chi connectivity index (χ4n) is 8.51. The molecule has 0 fully saturated rings. The minimum absolute atomic E-state index is 0.0833. The molecule has 0 radical (unpaired) electrons. The van der Waals surface area contributed by atoms with Gasteiger partial charge in [-0.05, 0) is 103 Å². The van der Waals surface area contributed by atoms with E-state index in [4.69, 9.17) is 14.2 Å². The van der Waals surface area contributed by atoms with E-state index in [-0.39, 0.29) is 31.1 Å². The van der Waals surface area contributed by atoms with E-state index in [1.54, 1.807) is 0 Å². The zero-order chi connectivity index (χ0) is 50.0. The van der Waals surface area contributed by atoms with Crippen molar-refractivity contribution in [1.29, 1.82) is 0 Å². The van der Waals surface area contributed by atoms with Gasteiger partial charge in [0.2, 0.25) is 0 Å². The number of allylic oxidation sites excluding steroid dienone is 10. The molecule has 0 spiro atoms. The lowest BCUT2D eigenvalue weighted by atomic mass is 10.1. The number of hydrogen-bond acceptors (Lipinski definition) is 6. The quantitative estimate of drug-likeness (QED) is 0.0262. The van der Waals surface area contributed by atoms with Crippen LogP contribution in [-0.2, 0) is 28.6 Å². The third kappa shape index (κ3) is 55.9. The molecule has 0 bridgehead atoms. The lowest BCUT2D eigenvalue weighted by Gasteiger charge is -2.18. The number of ether oxygens (including phenoxy) is 3. The summed E-state index contributed by atoms with van der Waals surface area (Å²) in [7, 11) is 0. The smallest absolute Gasteiger partial charge is 0.306 e. The van der Waals surface area contributed by atoms with E-state index < -0.39 is 6.10 Å². The molecule has 0 aliphatic carbocycles. The van der Waals surface area contributed by atoms with Gasteiger partial charge >= 0.3 is 17.9 Å². The summed E-state index contributed by atoms with van der Waals surface area (Å²) in [6, 6.07) is 0. The number of unbranched alkanes of at least 4 members (excludes halogenated alkanes) is 33. The molecule has 0 aromatic rings. The van der Waals surface area contributed by atoms with E-state index in [0.717, 1.165) is 89.9 Å². The van der Waals surface area contributed by atoms with E-state index in [1.807, 2.05) is 0 Å². The van der Waals surface area contributed by atoms with Crippen LogP contribution in [0.4, 0.5) is 0 Å². The molecule has 0 aromatic heterocycles. The Balaban J connectivity index is 4.40. The van der Waals surface area contributed by atoms with Gasteiger partial charge in [0.15, 0.2) is 6.10 Å². The van der Waals surface area contributed by atoms with Crippen molar-refractivity contribution in [3.63, 3.8) is 0 Å². The zero-order valence-electron chi connectivity index (χ0n) is 45.8. The summed E-state index contributed by atoms with van der Waals surface area (Å²) in [5.41, 5.74) is 0. The molecule has 6 nitrogen and oxygen atoms in total. The number of carbonyl (C=O) groups is 3. The second kappa shape index (κ2) is 57.7. The maximum absolute atomic E-state index is 12.9. The van der Waals surface area contributed by atoms with Gasteiger partial charge in [-0.1, -0.05) is 242 Å². The lowest BCUT2D eigenvalue weighted by Crippen LogP contribution is -2.30. The molecule has 0 saturated heterocycles. The molecule has 0 heterocycles.